The fourth-order valence-electron chi connectivity index (χ4n) is 4.10. The van der Waals surface area contributed by atoms with Gasteiger partial charge < -0.3 is 5.11 Å². The molecule has 2 heteroatoms. The number of rotatable bonds is 0. The third-order valence-electron chi connectivity index (χ3n) is 5.50. The summed E-state index contributed by atoms with van der Waals surface area (Å²) in [5.41, 5.74) is 3.58. The van der Waals surface area contributed by atoms with E-state index in [1.165, 1.54) is 16.7 Å². The van der Waals surface area contributed by atoms with Crippen molar-refractivity contribution in [2.75, 3.05) is 0 Å². The predicted octanol–water partition coefficient (Wildman–Crippen LogP) is 4.11. The predicted molar refractivity (Wildman–Crippen MR) is 84.9 cm³/mol. The van der Waals surface area contributed by atoms with Gasteiger partial charge in [-0.2, -0.15) is 0 Å². The normalized spacial score (nSPS) is 37.1. The molecular formula is C19H26O2. The van der Waals surface area contributed by atoms with E-state index in [2.05, 4.69) is 19.1 Å². The molecule has 3 atom stereocenters. The molecule has 3 aliphatic rings. The maximum atomic E-state index is 11.7. The van der Waals surface area contributed by atoms with E-state index in [0.717, 1.165) is 38.5 Å². The van der Waals surface area contributed by atoms with Gasteiger partial charge in [0.1, 0.15) is 0 Å². The van der Waals surface area contributed by atoms with Crippen molar-refractivity contribution >= 4 is 5.78 Å². The molecule has 0 radical (unpaired) electrons. The van der Waals surface area contributed by atoms with Gasteiger partial charge >= 0.3 is 0 Å². The zero-order valence-corrected chi connectivity index (χ0v) is 13.2. The minimum absolute atomic E-state index is 0.288. The Bertz CT molecular complexity index is 534. The number of hydrogen-bond donors (Lipinski definition) is 1. The molecule has 0 aliphatic heterocycles. The Morgan fingerprint density at radius 3 is 2.86 bits per heavy atom. The average molecular weight is 286 g/mol. The van der Waals surface area contributed by atoms with Crippen LogP contribution in [0.2, 0.25) is 0 Å². The van der Waals surface area contributed by atoms with Gasteiger partial charge in [0.05, 0.1) is 5.60 Å². The summed E-state index contributed by atoms with van der Waals surface area (Å²) in [5.74, 6) is 1.48. The van der Waals surface area contributed by atoms with Crippen LogP contribution in [0.5, 0.6) is 0 Å². The Labute approximate surface area is 127 Å². The molecule has 0 amide bonds. The number of carbonyl (C=O) groups is 1. The lowest BCUT2D eigenvalue weighted by molar-refractivity contribution is -0.114. The van der Waals surface area contributed by atoms with Gasteiger partial charge in [0.15, 0.2) is 5.78 Å². The van der Waals surface area contributed by atoms with Crippen molar-refractivity contribution in [1.82, 2.24) is 0 Å². The molecule has 0 bridgehead atoms. The highest BCUT2D eigenvalue weighted by atomic mass is 16.3. The quantitative estimate of drug-likeness (QED) is 0.727. The van der Waals surface area contributed by atoms with Gasteiger partial charge in [-0.15, -0.1) is 0 Å². The van der Waals surface area contributed by atoms with E-state index < -0.39 is 5.60 Å². The topological polar surface area (TPSA) is 37.3 Å². The molecule has 2 nitrogen and oxygen atoms in total. The number of fused-ring (bicyclic) bond motifs is 2. The van der Waals surface area contributed by atoms with Gasteiger partial charge in [0.2, 0.25) is 0 Å². The van der Waals surface area contributed by atoms with Crippen molar-refractivity contribution in [1.29, 1.82) is 0 Å². The lowest BCUT2D eigenvalue weighted by atomic mass is 9.70. The van der Waals surface area contributed by atoms with Crippen molar-refractivity contribution in [3.05, 3.63) is 34.9 Å². The van der Waals surface area contributed by atoms with Crippen LogP contribution >= 0.6 is 0 Å². The van der Waals surface area contributed by atoms with Crippen LogP contribution in [-0.4, -0.2) is 16.5 Å². The Hall–Kier alpha value is -1.15. The van der Waals surface area contributed by atoms with E-state index in [4.69, 9.17) is 0 Å². The van der Waals surface area contributed by atoms with Gasteiger partial charge in [-0.05, 0) is 80.1 Å². The van der Waals surface area contributed by atoms with Crippen molar-refractivity contribution in [3.63, 3.8) is 0 Å². The van der Waals surface area contributed by atoms with Crippen LogP contribution in [0.3, 0.4) is 0 Å². The van der Waals surface area contributed by atoms with Crippen molar-refractivity contribution < 1.29 is 9.90 Å². The minimum atomic E-state index is -0.579. The van der Waals surface area contributed by atoms with Crippen LogP contribution in [0.1, 0.15) is 58.8 Å². The molecule has 3 aliphatic carbocycles. The second-order valence-corrected chi connectivity index (χ2v) is 7.33. The van der Waals surface area contributed by atoms with Crippen LogP contribution in [-0.2, 0) is 4.79 Å². The first-order valence-corrected chi connectivity index (χ1v) is 8.32. The number of hydrogen-bond acceptors (Lipinski definition) is 2. The van der Waals surface area contributed by atoms with Gasteiger partial charge in [-0.1, -0.05) is 19.1 Å². The van der Waals surface area contributed by atoms with Crippen LogP contribution in [0, 0.1) is 11.8 Å². The van der Waals surface area contributed by atoms with Crippen molar-refractivity contribution in [2.24, 2.45) is 11.8 Å². The lowest BCUT2D eigenvalue weighted by Crippen LogP contribution is -2.25. The van der Waals surface area contributed by atoms with Crippen molar-refractivity contribution in [3.8, 4) is 0 Å². The second-order valence-electron chi connectivity index (χ2n) is 7.33. The molecule has 21 heavy (non-hydrogen) atoms. The Morgan fingerprint density at radius 1 is 1.24 bits per heavy atom. The Balaban J connectivity index is 2.01. The van der Waals surface area contributed by atoms with Crippen LogP contribution in [0.25, 0.3) is 0 Å². The van der Waals surface area contributed by atoms with Gasteiger partial charge in [0.25, 0.3) is 0 Å². The second kappa shape index (κ2) is 5.57. The highest BCUT2D eigenvalue weighted by Crippen LogP contribution is 2.44. The highest BCUT2D eigenvalue weighted by Gasteiger charge is 2.32. The van der Waals surface area contributed by atoms with Crippen molar-refractivity contribution in [2.45, 2.75) is 64.4 Å². The Morgan fingerprint density at radius 2 is 2.05 bits per heavy atom. The molecule has 0 spiro atoms. The SMILES string of the molecule is CC1CCC(C)(O)CC=CC2=C3CCC(=O)C=C3CCC21. The summed E-state index contributed by atoms with van der Waals surface area (Å²) in [5, 5.41) is 10.4. The molecule has 0 fully saturated rings. The minimum Gasteiger partial charge on any atom is -0.390 e. The summed E-state index contributed by atoms with van der Waals surface area (Å²) in [7, 11) is 0. The van der Waals surface area contributed by atoms with E-state index in [1.807, 2.05) is 13.0 Å². The molecule has 0 aromatic heterocycles. The largest absolute Gasteiger partial charge is 0.390 e. The molecule has 0 aromatic rings. The smallest absolute Gasteiger partial charge is 0.156 e. The molecule has 1 N–H and O–H groups in total. The fraction of sp³-hybridized carbons (Fsp3) is 0.632. The first-order chi connectivity index (χ1) is 9.96. The van der Waals surface area contributed by atoms with Crippen LogP contribution in [0.4, 0.5) is 0 Å². The van der Waals surface area contributed by atoms with E-state index >= 15 is 0 Å². The summed E-state index contributed by atoms with van der Waals surface area (Å²) in [6.45, 7) is 4.27. The molecule has 114 valence electrons. The summed E-state index contributed by atoms with van der Waals surface area (Å²) in [4.78, 5) is 11.7. The Kier molecular flexibility index (Phi) is 3.92. The third kappa shape index (κ3) is 3.06. The molecule has 3 rings (SSSR count). The van der Waals surface area contributed by atoms with E-state index in [0.29, 0.717) is 18.3 Å². The molecule has 0 saturated carbocycles. The number of ketones is 1. The number of allylic oxidation sites excluding steroid dienone is 5. The van der Waals surface area contributed by atoms with E-state index in [-0.39, 0.29) is 5.78 Å². The summed E-state index contributed by atoms with van der Waals surface area (Å²) in [6.07, 6.45) is 12.7. The molecule has 0 saturated heterocycles. The maximum Gasteiger partial charge on any atom is 0.156 e. The standard InChI is InChI=1S/C19H26O2/c1-13-9-11-19(2,21)10-3-4-18-16(13)7-5-14-12-15(20)6-8-17(14)18/h3-4,12-13,16,21H,5-11H2,1-2H3. The first kappa shape index (κ1) is 14.8. The van der Waals surface area contributed by atoms with E-state index in [1.54, 1.807) is 0 Å². The van der Waals surface area contributed by atoms with Crippen LogP contribution < -0.4 is 0 Å². The van der Waals surface area contributed by atoms with Gasteiger partial charge in [-0.25, -0.2) is 0 Å². The third-order valence-corrected chi connectivity index (χ3v) is 5.50. The monoisotopic (exact) mass is 286 g/mol. The number of aliphatic hydroxyl groups is 1. The molecule has 0 heterocycles. The summed E-state index contributed by atoms with van der Waals surface area (Å²) in [6, 6.07) is 0. The zero-order valence-electron chi connectivity index (χ0n) is 13.2. The molecule has 3 unspecified atom stereocenters. The summed E-state index contributed by atoms with van der Waals surface area (Å²) >= 11 is 0. The lowest BCUT2D eigenvalue weighted by Gasteiger charge is -2.34. The average Bonchev–Trinajstić information content (AvgIpc) is 2.49. The van der Waals surface area contributed by atoms with Gasteiger partial charge in [0, 0.05) is 6.42 Å². The van der Waals surface area contributed by atoms with Gasteiger partial charge in [-0.3, -0.25) is 4.79 Å². The van der Waals surface area contributed by atoms with E-state index in [9.17, 15) is 9.90 Å². The maximum absolute atomic E-state index is 11.7. The fourth-order valence-corrected chi connectivity index (χ4v) is 4.10. The molecular weight excluding hydrogens is 260 g/mol. The highest BCUT2D eigenvalue weighted by molar-refractivity contribution is 5.93. The zero-order chi connectivity index (χ0) is 15.0. The number of carbonyl (C=O) groups excluding carboxylic acids is 1. The van der Waals surface area contributed by atoms with Crippen LogP contribution in [0.15, 0.2) is 34.9 Å². The summed E-state index contributed by atoms with van der Waals surface area (Å²) < 4.78 is 0. The molecule has 0 aromatic carbocycles. The first-order valence-electron chi connectivity index (χ1n) is 8.32.